The molecule has 0 saturated heterocycles. The van der Waals surface area contributed by atoms with Crippen LogP contribution >= 0.6 is 45.9 Å². The maximum atomic E-state index is 5.98. The molecule has 5 rings (SSSR count). The fourth-order valence-electron chi connectivity index (χ4n) is 3.00. The Morgan fingerprint density at radius 2 is 1.48 bits per heavy atom. The number of benzene rings is 2. The van der Waals surface area contributed by atoms with Crippen molar-refractivity contribution in [2.24, 2.45) is 0 Å². The van der Waals surface area contributed by atoms with Crippen LogP contribution in [0, 0.1) is 6.92 Å². The zero-order valence-electron chi connectivity index (χ0n) is 16.2. The molecule has 0 aliphatic heterocycles. The van der Waals surface area contributed by atoms with Crippen molar-refractivity contribution in [3.63, 3.8) is 0 Å². The number of hydrogen-bond acceptors (Lipinski definition) is 7. The lowest BCUT2D eigenvalue weighted by molar-refractivity contribution is 0.517. The van der Waals surface area contributed by atoms with Gasteiger partial charge in [0.05, 0.1) is 17.8 Å². The number of aromatic nitrogens is 4. The standard InChI is InChI=1S/C22H14Cl2N4OS2/c1-12-19(31-22(25-12)14-4-8-16(24)9-5-14)20-28-27-18(29-20)10-17-11-30-21(26-17)13-2-6-15(23)7-3-13/h2-9,11H,10H2,1H3. The monoisotopic (exact) mass is 484 g/mol. The highest BCUT2D eigenvalue weighted by molar-refractivity contribution is 7.18. The van der Waals surface area contributed by atoms with Crippen LogP contribution in [0.4, 0.5) is 0 Å². The molecule has 0 radical (unpaired) electrons. The molecule has 0 unspecified atom stereocenters. The normalized spacial score (nSPS) is 11.2. The van der Waals surface area contributed by atoms with Gasteiger partial charge in [0.25, 0.3) is 5.89 Å². The molecule has 0 amide bonds. The van der Waals surface area contributed by atoms with Crippen LogP contribution in [-0.4, -0.2) is 20.2 Å². The highest BCUT2D eigenvalue weighted by Crippen LogP contribution is 2.35. The Labute approximate surface area is 196 Å². The zero-order valence-corrected chi connectivity index (χ0v) is 19.3. The summed E-state index contributed by atoms with van der Waals surface area (Å²) in [6.45, 7) is 1.94. The number of nitrogens with zero attached hydrogens (tertiary/aromatic N) is 4. The minimum Gasteiger partial charge on any atom is -0.419 e. The van der Waals surface area contributed by atoms with E-state index in [0.717, 1.165) is 37.4 Å². The summed E-state index contributed by atoms with van der Waals surface area (Å²) < 4.78 is 5.93. The molecule has 154 valence electrons. The molecule has 3 aromatic heterocycles. The van der Waals surface area contributed by atoms with Crippen molar-refractivity contribution in [1.29, 1.82) is 0 Å². The van der Waals surface area contributed by atoms with E-state index in [-0.39, 0.29) is 0 Å². The van der Waals surface area contributed by atoms with E-state index in [1.807, 2.05) is 60.8 Å². The van der Waals surface area contributed by atoms with Gasteiger partial charge in [0.2, 0.25) is 5.89 Å². The fraction of sp³-hybridized carbons (Fsp3) is 0.0909. The predicted molar refractivity (Wildman–Crippen MR) is 126 cm³/mol. The van der Waals surface area contributed by atoms with Gasteiger partial charge in [-0.2, -0.15) is 0 Å². The van der Waals surface area contributed by atoms with Gasteiger partial charge < -0.3 is 4.42 Å². The van der Waals surface area contributed by atoms with E-state index >= 15 is 0 Å². The van der Waals surface area contributed by atoms with E-state index in [0.29, 0.717) is 28.2 Å². The summed E-state index contributed by atoms with van der Waals surface area (Å²) in [5.74, 6) is 0.988. The number of rotatable bonds is 5. The fourth-order valence-corrected chi connectivity index (χ4v) is 5.07. The Hall–Kier alpha value is -2.58. The summed E-state index contributed by atoms with van der Waals surface area (Å²) >= 11 is 15.0. The molecule has 0 aliphatic carbocycles. The maximum absolute atomic E-state index is 5.98. The van der Waals surface area contributed by atoms with Crippen LogP contribution in [-0.2, 0) is 6.42 Å². The SMILES string of the molecule is Cc1nc(-c2ccc(Cl)cc2)sc1-c1nnc(Cc2csc(-c3ccc(Cl)cc3)n2)o1. The summed E-state index contributed by atoms with van der Waals surface area (Å²) in [7, 11) is 0. The third-order valence-corrected chi connectivity index (χ3v) is 7.16. The molecule has 0 saturated carbocycles. The molecular formula is C22H14Cl2N4OS2. The summed E-state index contributed by atoms with van der Waals surface area (Å²) in [6.07, 6.45) is 0.471. The predicted octanol–water partition coefficient (Wildman–Crippen LogP) is 7.19. The second-order valence-corrected chi connectivity index (χ2v) is 9.50. The summed E-state index contributed by atoms with van der Waals surface area (Å²) in [4.78, 5) is 10.2. The molecule has 0 bridgehead atoms. The first-order valence-electron chi connectivity index (χ1n) is 9.31. The molecule has 31 heavy (non-hydrogen) atoms. The average molecular weight is 485 g/mol. The van der Waals surface area contributed by atoms with Gasteiger partial charge in [0.1, 0.15) is 14.9 Å². The largest absolute Gasteiger partial charge is 0.419 e. The first kappa shape index (κ1) is 20.3. The van der Waals surface area contributed by atoms with Crippen molar-refractivity contribution in [1.82, 2.24) is 20.2 Å². The van der Waals surface area contributed by atoms with Crippen LogP contribution < -0.4 is 0 Å². The smallest absolute Gasteiger partial charge is 0.259 e. The lowest BCUT2D eigenvalue weighted by Crippen LogP contribution is -1.88. The van der Waals surface area contributed by atoms with Crippen LogP contribution in [0.25, 0.3) is 31.9 Å². The highest BCUT2D eigenvalue weighted by Gasteiger charge is 2.18. The van der Waals surface area contributed by atoms with Crippen molar-refractivity contribution in [3.05, 3.63) is 81.2 Å². The minimum absolute atomic E-state index is 0.471. The molecular weight excluding hydrogens is 471 g/mol. The number of aryl methyl sites for hydroxylation is 1. The lowest BCUT2D eigenvalue weighted by atomic mass is 10.2. The van der Waals surface area contributed by atoms with Crippen molar-refractivity contribution in [3.8, 4) is 31.9 Å². The number of hydrogen-bond donors (Lipinski definition) is 0. The molecule has 0 atom stereocenters. The maximum Gasteiger partial charge on any atom is 0.259 e. The van der Waals surface area contributed by atoms with Gasteiger partial charge in [-0.15, -0.1) is 32.9 Å². The molecule has 0 aliphatic rings. The third kappa shape index (κ3) is 4.41. The van der Waals surface area contributed by atoms with Crippen molar-refractivity contribution in [2.45, 2.75) is 13.3 Å². The number of halogens is 2. The van der Waals surface area contributed by atoms with Gasteiger partial charge in [-0.1, -0.05) is 47.5 Å². The average Bonchev–Trinajstić information content (AvgIpc) is 3.50. The van der Waals surface area contributed by atoms with E-state index in [1.165, 1.54) is 11.3 Å². The van der Waals surface area contributed by atoms with Crippen molar-refractivity contribution >= 4 is 45.9 Å². The third-order valence-electron chi connectivity index (χ3n) is 4.52. The Morgan fingerprint density at radius 3 is 2.16 bits per heavy atom. The van der Waals surface area contributed by atoms with E-state index in [9.17, 15) is 0 Å². The van der Waals surface area contributed by atoms with E-state index in [4.69, 9.17) is 27.6 Å². The van der Waals surface area contributed by atoms with Crippen LogP contribution in [0.1, 0.15) is 17.3 Å². The summed E-state index contributed by atoms with van der Waals surface area (Å²) in [6, 6.07) is 15.2. The van der Waals surface area contributed by atoms with Gasteiger partial charge in [-0.25, -0.2) is 9.97 Å². The molecule has 3 heterocycles. The summed E-state index contributed by atoms with van der Waals surface area (Å²) in [5.41, 5.74) is 3.76. The van der Waals surface area contributed by atoms with Gasteiger partial charge in [0.15, 0.2) is 0 Å². The van der Waals surface area contributed by atoms with Crippen molar-refractivity contribution in [2.75, 3.05) is 0 Å². The Morgan fingerprint density at radius 1 is 0.839 bits per heavy atom. The second-order valence-electron chi connectivity index (χ2n) is 6.77. The molecule has 5 aromatic rings. The Balaban J connectivity index is 1.35. The van der Waals surface area contributed by atoms with Crippen LogP contribution in [0.5, 0.6) is 0 Å². The molecule has 2 aromatic carbocycles. The summed E-state index contributed by atoms with van der Waals surface area (Å²) in [5, 5.41) is 13.7. The first-order valence-corrected chi connectivity index (χ1v) is 11.8. The van der Waals surface area contributed by atoms with Gasteiger partial charge in [0, 0.05) is 26.6 Å². The lowest BCUT2D eigenvalue weighted by Gasteiger charge is -1.95. The van der Waals surface area contributed by atoms with Gasteiger partial charge >= 0.3 is 0 Å². The van der Waals surface area contributed by atoms with Crippen molar-refractivity contribution < 1.29 is 4.42 Å². The van der Waals surface area contributed by atoms with Gasteiger partial charge in [-0.05, 0) is 31.2 Å². The Kier molecular flexibility index (Phi) is 5.58. The molecule has 0 fully saturated rings. The quantitative estimate of drug-likeness (QED) is 0.264. The van der Waals surface area contributed by atoms with Crippen LogP contribution in [0.2, 0.25) is 10.0 Å². The van der Waals surface area contributed by atoms with Crippen LogP contribution in [0.3, 0.4) is 0 Å². The molecule has 9 heteroatoms. The first-order chi connectivity index (χ1) is 15.0. The molecule has 0 spiro atoms. The number of thiazole rings is 2. The van der Waals surface area contributed by atoms with E-state index in [2.05, 4.69) is 20.2 Å². The molecule has 5 nitrogen and oxygen atoms in total. The van der Waals surface area contributed by atoms with Crippen LogP contribution in [0.15, 0.2) is 58.3 Å². The zero-order chi connectivity index (χ0) is 21.4. The molecule has 0 N–H and O–H groups in total. The second kappa shape index (κ2) is 8.51. The van der Waals surface area contributed by atoms with E-state index in [1.54, 1.807) is 11.3 Å². The Bertz CT molecular complexity index is 1340. The topological polar surface area (TPSA) is 64.7 Å². The minimum atomic E-state index is 0.471. The highest BCUT2D eigenvalue weighted by atomic mass is 35.5. The van der Waals surface area contributed by atoms with Gasteiger partial charge in [-0.3, -0.25) is 0 Å². The van der Waals surface area contributed by atoms with E-state index < -0.39 is 0 Å².